The number of fused-ring (bicyclic) bond motifs is 1. The monoisotopic (exact) mass is 348 g/mol. The van der Waals surface area contributed by atoms with E-state index in [9.17, 15) is 4.79 Å². The van der Waals surface area contributed by atoms with E-state index < -0.39 is 12.1 Å². The van der Waals surface area contributed by atoms with E-state index in [0.29, 0.717) is 22.3 Å². The molecule has 0 radical (unpaired) electrons. The number of nitrogens with zero attached hydrogens (tertiary/aromatic N) is 4. The zero-order chi connectivity index (χ0) is 18.7. The van der Waals surface area contributed by atoms with Crippen LogP contribution in [0.3, 0.4) is 0 Å². The van der Waals surface area contributed by atoms with Gasteiger partial charge in [-0.1, -0.05) is 6.07 Å². The molecule has 0 amide bonds. The van der Waals surface area contributed by atoms with Crippen LogP contribution in [-0.4, -0.2) is 25.7 Å². The number of esters is 1. The Morgan fingerprint density at radius 3 is 2.85 bits per heavy atom. The van der Waals surface area contributed by atoms with Crippen molar-refractivity contribution >= 4 is 17.0 Å². The molecule has 132 valence electrons. The highest BCUT2D eigenvalue weighted by molar-refractivity contribution is 6.02. The van der Waals surface area contributed by atoms with E-state index in [0.717, 1.165) is 5.69 Å². The summed E-state index contributed by atoms with van der Waals surface area (Å²) in [6.45, 7) is 5.86. The maximum Gasteiger partial charge on any atom is 0.339 e. The van der Waals surface area contributed by atoms with Gasteiger partial charge in [-0.2, -0.15) is 5.10 Å². The molecule has 0 saturated heterocycles. The zero-order valence-electron chi connectivity index (χ0n) is 15.0. The number of aromatic nitrogens is 4. The minimum absolute atomic E-state index is 0.133. The van der Waals surface area contributed by atoms with Gasteiger partial charge < -0.3 is 4.74 Å². The van der Waals surface area contributed by atoms with Crippen molar-refractivity contribution in [3.63, 3.8) is 0 Å². The fraction of sp³-hybridized carbons (Fsp3) is 0.300. The summed E-state index contributed by atoms with van der Waals surface area (Å²) in [5, 5.41) is 5.02. The van der Waals surface area contributed by atoms with Crippen molar-refractivity contribution in [2.24, 2.45) is 0 Å². The van der Waals surface area contributed by atoms with Gasteiger partial charge in [-0.05, 0) is 39.0 Å². The molecule has 0 aliphatic rings. The lowest BCUT2D eigenvalue weighted by molar-refractivity contribution is 0.0301. The molecule has 1 atom stereocenters. The van der Waals surface area contributed by atoms with Gasteiger partial charge in [0.15, 0.2) is 11.8 Å². The standard InChI is InChI=1S/C20H20N4O2/c1-5-8-18(17-9-6-7-10-21-17)26-20(25)15-11-14(4)23-19-16(15)12-22-24(19)13(2)3/h1,6-7,9-13,18H,8H2,2-4H3/t18-/m1/s1. The molecule has 26 heavy (non-hydrogen) atoms. The van der Waals surface area contributed by atoms with Crippen molar-refractivity contribution in [1.82, 2.24) is 19.7 Å². The van der Waals surface area contributed by atoms with Crippen LogP contribution in [0.15, 0.2) is 36.7 Å². The second-order valence-electron chi connectivity index (χ2n) is 6.29. The highest BCUT2D eigenvalue weighted by atomic mass is 16.5. The molecule has 3 rings (SSSR count). The van der Waals surface area contributed by atoms with Gasteiger partial charge in [-0.3, -0.25) is 4.98 Å². The van der Waals surface area contributed by atoms with E-state index in [-0.39, 0.29) is 12.5 Å². The topological polar surface area (TPSA) is 69.9 Å². The van der Waals surface area contributed by atoms with Crippen molar-refractivity contribution in [3.05, 3.63) is 53.6 Å². The summed E-state index contributed by atoms with van der Waals surface area (Å²) < 4.78 is 7.48. The van der Waals surface area contributed by atoms with Crippen LogP contribution in [0, 0.1) is 19.3 Å². The number of hydrogen-bond acceptors (Lipinski definition) is 5. The summed E-state index contributed by atoms with van der Waals surface area (Å²) in [6, 6.07) is 7.27. The van der Waals surface area contributed by atoms with Gasteiger partial charge in [0.25, 0.3) is 0 Å². The van der Waals surface area contributed by atoms with E-state index in [1.54, 1.807) is 35.3 Å². The predicted octanol–water partition coefficient (Wildman–Crippen LogP) is 3.64. The third-order valence-corrected chi connectivity index (χ3v) is 3.97. The van der Waals surface area contributed by atoms with Gasteiger partial charge in [-0.15, -0.1) is 12.3 Å². The van der Waals surface area contributed by atoms with E-state index in [4.69, 9.17) is 11.2 Å². The number of aryl methyl sites for hydroxylation is 1. The quantitative estimate of drug-likeness (QED) is 0.520. The molecule has 3 heterocycles. The Kier molecular flexibility index (Phi) is 4.99. The van der Waals surface area contributed by atoms with E-state index in [2.05, 4.69) is 21.0 Å². The SMILES string of the molecule is C#CC[C@@H](OC(=O)c1cc(C)nc2c1cnn2C(C)C)c1ccccn1. The Morgan fingerprint density at radius 1 is 1.38 bits per heavy atom. The molecule has 3 aromatic rings. The normalized spacial score (nSPS) is 12.1. The third kappa shape index (κ3) is 3.42. The Morgan fingerprint density at radius 2 is 2.19 bits per heavy atom. The van der Waals surface area contributed by atoms with Crippen molar-refractivity contribution in [2.45, 2.75) is 39.3 Å². The fourth-order valence-corrected chi connectivity index (χ4v) is 2.76. The molecule has 0 aliphatic heterocycles. The minimum atomic E-state index is -0.600. The van der Waals surface area contributed by atoms with Crippen LogP contribution < -0.4 is 0 Å². The van der Waals surface area contributed by atoms with E-state index >= 15 is 0 Å². The Labute approximate surface area is 152 Å². The van der Waals surface area contributed by atoms with Crippen molar-refractivity contribution in [3.8, 4) is 12.3 Å². The molecule has 0 N–H and O–H groups in total. The minimum Gasteiger partial charge on any atom is -0.451 e. The van der Waals surface area contributed by atoms with Gasteiger partial charge in [0.2, 0.25) is 0 Å². The van der Waals surface area contributed by atoms with E-state index in [1.165, 1.54) is 0 Å². The Hall–Kier alpha value is -3.20. The summed E-state index contributed by atoms with van der Waals surface area (Å²) in [4.78, 5) is 21.6. The molecule has 0 aliphatic carbocycles. The number of pyridine rings is 2. The van der Waals surface area contributed by atoms with Crippen LogP contribution in [0.5, 0.6) is 0 Å². The smallest absolute Gasteiger partial charge is 0.339 e. The summed E-state index contributed by atoms with van der Waals surface area (Å²) in [5.74, 6) is 2.08. The molecular weight excluding hydrogens is 328 g/mol. The van der Waals surface area contributed by atoms with Crippen LogP contribution in [0.25, 0.3) is 11.0 Å². The summed E-state index contributed by atoms with van der Waals surface area (Å²) in [6.07, 6.45) is 8.39. The Bertz CT molecular complexity index is 971. The summed E-state index contributed by atoms with van der Waals surface area (Å²) in [5.41, 5.74) is 2.44. The molecule has 0 bridgehead atoms. The number of carbonyl (C=O) groups is 1. The molecule has 0 aromatic carbocycles. The lowest BCUT2D eigenvalue weighted by atomic mass is 10.1. The lowest BCUT2D eigenvalue weighted by Crippen LogP contribution is -2.13. The lowest BCUT2D eigenvalue weighted by Gasteiger charge is -2.16. The molecule has 6 nitrogen and oxygen atoms in total. The molecule has 0 unspecified atom stereocenters. The van der Waals surface area contributed by atoms with E-state index in [1.807, 2.05) is 26.8 Å². The van der Waals surface area contributed by atoms with Crippen molar-refractivity contribution in [1.29, 1.82) is 0 Å². The van der Waals surface area contributed by atoms with Crippen LogP contribution in [0.2, 0.25) is 0 Å². The highest BCUT2D eigenvalue weighted by Crippen LogP contribution is 2.25. The second kappa shape index (κ2) is 7.36. The molecule has 6 heteroatoms. The maximum absolute atomic E-state index is 12.9. The fourth-order valence-electron chi connectivity index (χ4n) is 2.76. The largest absolute Gasteiger partial charge is 0.451 e. The molecular formula is C20H20N4O2. The van der Waals surface area contributed by atoms with Gasteiger partial charge in [0.1, 0.15) is 0 Å². The average molecular weight is 348 g/mol. The number of hydrogen-bond donors (Lipinski definition) is 0. The average Bonchev–Trinajstić information content (AvgIpc) is 3.05. The first kappa shape index (κ1) is 17.6. The first-order valence-corrected chi connectivity index (χ1v) is 8.41. The van der Waals surface area contributed by atoms with Crippen LogP contribution in [0.4, 0.5) is 0 Å². The third-order valence-electron chi connectivity index (χ3n) is 3.97. The van der Waals surface area contributed by atoms with Gasteiger partial charge in [0.05, 0.1) is 29.3 Å². The second-order valence-corrected chi connectivity index (χ2v) is 6.29. The summed E-state index contributed by atoms with van der Waals surface area (Å²) in [7, 11) is 0. The predicted molar refractivity (Wildman–Crippen MR) is 98.5 cm³/mol. The maximum atomic E-state index is 12.9. The number of carbonyl (C=O) groups excluding carboxylic acids is 1. The van der Waals surface area contributed by atoms with Gasteiger partial charge >= 0.3 is 5.97 Å². The molecule has 3 aromatic heterocycles. The van der Waals surface area contributed by atoms with Crippen LogP contribution >= 0.6 is 0 Å². The molecule has 0 spiro atoms. The van der Waals surface area contributed by atoms with Gasteiger partial charge in [0, 0.05) is 17.9 Å². The van der Waals surface area contributed by atoms with Crippen molar-refractivity contribution < 1.29 is 9.53 Å². The Balaban J connectivity index is 1.98. The van der Waals surface area contributed by atoms with Gasteiger partial charge in [-0.25, -0.2) is 14.5 Å². The number of terminal acetylenes is 1. The number of rotatable bonds is 5. The first-order valence-electron chi connectivity index (χ1n) is 8.41. The first-order chi connectivity index (χ1) is 12.5. The molecule has 0 fully saturated rings. The van der Waals surface area contributed by atoms with Crippen LogP contribution in [0.1, 0.15) is 54.2 Å². The highest BCUT2D eigenvalue weighted by Gasteiger charge is 2.22. The summed E-state index contributed by atoms with van der Waals surface area (Å²) >= 11 is 0. The van der Waals surface area contributed by atoms with Crippen LogP contribution in [-0.2, 0) is 4.74 Å². The van der Waals surface area contributed by atoms with Crippen molar-refractivity contribution in [2.75, 3.05) is 0 Å². The number of ether oxygens (including phenoxy) is 1. The zero-order valence-corrected chi connectivity index (χ0v) is 15.0. The molecule has 0 saturated carbocycles.